The molecule has 0 radical (unpaired) electrons. The van der Waals surface area contributed by atoms with E-state index in [0.717, 1.165) is 37.7 Å². The Labute approximate surface area is 348 Å². The van der Waals surface area contributed by atoms with Gasteiger partial charge in [0.1, 0.15) is 6.10 Å². The van der Waals surface area contributed by atoms with Crippen molar-refractivity contribution >= 4 is 30.9 Å². The fourth-order valence-electron chi connectivity index (χ4n) is 6.06. The molecule has 0 bridgehead atoms. The van der Waals surface area contributed by atoms with Crippen LogP contribution in [0.1, 0.15) is 133 Å². The van der Waals surface area contributed by atoms with Crippen molar-refractivity contribution in [1.29, 1.82) is 0 Å². The van der Waals surface area contributed by atoms with E-state index in [1.807, 2.05) is 0 Å². The number of rotatable bonds is 15. The summed E-state index contributed by atoms with van der Waals surface area (Å²) in [5.41, 5.74) is 5.04. The Balaban J connectivity index is 2.54. The van der Waals surface area contributed by atoms with Crippen LogP contribution >= 0.6 is 0 Å². The highest BCUT2D eigenvalue weighted by atomic mass is 28.4. The molecule has 1 aromatic rings. The predicted octanol–water partition coefficient (Wildman–Crippen LogP) is 14.5. The molecule has 56 heavy (non-hydrogen) atoms. The first-order valence-electron chi connectivity index (χ1n) is 21.5. The van der Waals surface area contributed by atoms with Crippen LogP contribution in [0.4, 0.5) is 0 Å². The lowest BCUT2D eigenvalue weighted by atomic mass is 9.97. The van der Waals surface area contributed by atoms with Gasteiger partial charge in [0.25, 0.3) is 0 Å². The first kappa shape index (κ1) is 50.3. The lowest BCUT2D eigenvalue weighted by Crippen LogP contribution is -2.46. The highest BCUT2D eigenvalue weighted by Gasteiger charge is 2.42. The maximum atomic E-state index is 14.1. The zero-order valence-electron chi connectivity index (χ0n) is 39.1. The molecule has 0 aliphatic carbocycles. The van der Waals surface area contributed by atoms with Crippen LogP contribution in [0.25, 0.3) is 0 Å². The second kappa shape index (κ2) is 21.4. The van der Waals surface area contributed by atoms with Crippen LogP contribution in [0.3, 0.4) is 0 Å². The monoisotopic (exact) mass is 825 g/mol. The second-order valence-electron chi connectivity index (χ2n) is 21.1. The van der Waals surface area contributed by atoms with Crippen molar-refractivity contribution in [2.75, 3.05) is 6.61 Å². The molecule has 1 aromatic carbocycles. The molecule has 5 nitrogen and oxygen atoms in total. The number of cyclic esters (lactones) is 1. The van der Waals surface area contributed by atoms with Crippen LogP contribution in [0.2, 0.25) is 54.4 Å². The highest BCUT2D eigenvalue weighted by molar-refractivity contribution is 6.75. The van der Waals surface area contributed by atoms with E-state index in [4.69, 9.17) is 18.0 Å². The molecule has 3 atom stereocenters. The van der Waals surface area contributed by atoms with Gasteiger partial charge in [-0.1, -0.05) is 134 Å². The van der Waals surface area contributed by atoms with E-state index in [0.29, 0.717) is 32.3 Å². The number of esters is 1. The van der Waals surface area contributed by atoms with E-state index in [1.165, 1.54) is 16.7 Å². The minimum Gasteiger partial charge on any atom is -0.459 e. The Morgan fingerprint density at radius 1 is 0.875 bits per heavy atom. The molecule has 2 rings (SSSR count). The molecule has 8 heteroatoms. The third kappa shape index (κ3) is 17.6. The van der Waals surface area contributed by atoms with Crippen molar-refractivity contribution in [2.24, 2.45) is 0 Å². The van der Waals surface area contributed by atoms with Gasteiger partial charge in [-0.2, -0.15) is 0 Å². The first-order valence-corrected chi connectivity index (χ1v) is 30.2. The number of carbonyl (C=O) groups excluding carboxylic acids is 1. The molecular weight excluding hydrogens is 741 g/mol. The molecule has 0 unspecified atom stereocenters. The molecule has 1 heterocycles. The third-order valence-corrected chi connectivity index (χ3v) is 26.6. The molecule has 0 aromatic heterocycles. The van der Waals surface area contributed by atoms with Gasteiger partial charge in [-0.3, -0.25) is 0 Å². The van der Waals surface area contributed by atoms with E-state index in [9.17, 15) is 4.79 Å². The maximum Gasteiger partial charge on any atom is 0.330 e. The lowest BCUT2D eigenvalue weighted by molar-refractivity contribution is -0.145. The number of carbonyl (C=O) groups is 1. The van der Waals surface area contributed by atoms with Crippen LogP contribution in [0, 0.1) is 0 Å². The summed E-state index contributed by atoms with van der Waals surface area (Å²) in [5, 5.41) is 0.237. The van der Waals surface area contributed by atoms with Gasteiger partial charge in [0.2, 0.25) is 0 Å². The molecule has 0 fully saturated rings. The smallest absolute Gasteiger partial charge is 0.330 e. The van der Waals surface area contributed by atoms with Crippen molar-refractivity contribution in [3.8, 4) is 0 Å². The average molecular weight is 825 g/mol. The summed E-state index contributed by atoms with van der Waals surface area (Å²) in [5.74, 6) is -0.272. The predicted molar refractivity (Wildman–Crippen MR) is 249 cm³/mol. The molecular formula is C48H84O5Si3. The van der Waals surface area contributed by atoms with Gasteiger partial charge >= 0.3 is 5.97 Å². The Bertz CT molecular complexity index is 1480. The minimum atomic E-state index is -2.15. The van der Waals surface area contributed by atoms with Crippen LogP contribution in [0.5, 0.6) is 0 Å². The number of ether oxygens (including phenoxy) is 1. The molecule has 1 aliphatic heterocycles. The van der Waals surface area contributed by atoms with Gasteiger partial charge in [0.15, 0.2) is 25.0 Å². The lowest BCUT2D eigenvalue weighted by Gasteiger charge is -2.41. The Hall–Kier alpha value is -1.82. The molecule has 1 aliphatic rings. The van der Waals surface area contributed by atoms with Crippen molar-refractivity contribution in [2.45, 2.75) is 207 Å². The van der Waals surface area contributed by atoms with Gasteiger partial charge in [-0.15, -0.1) is 0 Å². The first-order chi connectivity index (χ1) is 25.6. The molecule has 318 valence electrons. The fourth-order valence-corrected chi connectivity index (χ4v) is 9.87. The molecule has 0 N–H and O–H groups in total. The maximum absolute atomic E-state index is 14.1. The van der Waals surface area contributed by atoms with Gasteiger partial charge in [0, 0.05) is 31.6 Å². The Kier molecular flexibility index (Phi) is 19.3. The standard InChI is InChI=1S/C48H84O5Si3/c1-38(28-30-40-25-21-19-22-26-40)29-31-42(52-55(14,15)47(6,7)8)36-43-37-44(53-56(16,17)48(9,10)11)34-39(2)24-20-18-23-27-41(35-45(49)51-43)32-33-50-54(12,13)46(3,4)5/h18-19,21-26,28,35,42-44H,20,27,29-34,36-37H2,1-17H3/b23-18+,38-28+,39-24+,41-35+/t42-,43+,44-/m1/s1. The van der Waals surface area contributed by atoms with E-state index >= 15 is 0 Å². The quantitative estimate of drug-likeness (QED) is 0.100. The molecule has 0 amide bonds. The van der Waals surface area contributed by atoms with E-state index in [2.05, 4.69) is 170 Å². The van der Waals surface area contributed by atoms with E-state index in [-0.39, 0.29) is 39.4 Å². The van der Waals surface area contributed by atoms with Gasteiger partial charge < -0.3 is 18.0 Å². The van der Waals surface area contributed by atoms with Crippen molar-refractivity contribution < 1.29 is 22.8 Å². The number of allylic oxidation sites excluding steroid dienone is 5. The zero-order chi connectivity index (χ0) is 42.6. The fraction of sp³-hybridized carbons (Fsp3) is 0.688. The van der Waals surface area contributed by atoms with Crippen molar-refractivity contribution in [3.63, 3.8) is 0 Å². The van der Waals surface area contributed by atoms with Crippen LogP contribution in [-0.4, -0.2) is 55.8 Å². The molecule has 0 saturated heterocycles. The molecule has 0 spiro atoms. The summed E-state index contributed by atoms with van der Waals surface area (Å²) < 4.78 is 27.6. The van der Waals surface area contributed by atoms with Gasteiger partial charge in [-0.05, 0) is 119 Å². The third-order valence-electron chi connectivity index (χ3n) is 13.0. The SMILES string of the molecule is C/C(=C\Cc1ccccc1)CC[C@H](C[C@H]1C[C@H](O[Si](C)(C)C(C)(C)C)C/C(C)=C/C/C=C/C/C(CCO[Si](C)(C)C(C)(C)C)=C\C(=O)O1)O[Si](C)(C)C(C)(C)C. The Morgan fingerprint density at radius 3 is 2.07 bits per heavy atom. The topological polar surface area (TPSA) is 54.0 Å². The van der Waals surface area contributed by atoms with Crippen molar-refractivity contribution in [3.05, 3.63) is 83.0 Å². The summed E-state index contributed by atoms with van der Waals surface area (Å²) in [6, 6.07) is 10.6. The zero-order valence-corrected chi connectivity index (χ0v) is 42.1. The van der Waals surface area contributed by atoms with E-state index < -0.39 is 25.0 Å². The average Bonchev–Trinajstić information content (AvgIpc) is 3.04. The minimum absolute atomic E-state index is 0.0525. The summed E-state index contributed by atoms with van der Waals surface area (Å²) >= 11 is 0. The summed E-state index contributed by atoms with van der Waals surface area (Å²) in [6.07, 6.45) is 17.5. The number of hydrogen-bond donors (Lipinski definition) is 0. The number of benzene rings is 1. The second-order valence-corrected chi connectivity index (χ2v) is 35.5. The van der Waals surface area contributed by atoms with Crippen molar-refractivity contribution in [1.82, 2.24) is 0 Å². The summed E-state index contributed by atoms with van der Waals surface area (Å²) in [7, 11) is -6.21. The van der Waals surface area contributed by atoms with Gasteiger partial charge in [0.05, 0.1) is 6.10 Å². The van der Waals surface area contributed by atoms with Crippen LogP contribution in [0.15, 0.2) is 77.4 Å². The number of hydrogen-bond acceptors (Lipinski definition) is 5. The largest absolute Gasteiger partial charge is 0.459 e. The summed E-state index contributed by atoms with van der Waals surface area (Å²) in [4.78, 5) is 14.1. The Morgan fingerprint density at radius 2 is 1.48 bits per heavy atom. The van der Waals surface area contributed by atoms with E-state index in [1.54, 1.807) is 6.08 Å². The summed E-state index contributed by atoms with van der Waals surface area (Å²) in [6.45, 7) is 39.6. The van der Waals surface area contributed by atoms with Crippen LogP contribution < -0.4 is 0 Å². The normalized spacial score (nSPS) is 22.3. The molecule has 0 saturated carbocycles. The van der Waals surface area contributed by atoms with Crippen LogP contribution in [-0.2, 0) is 29.2 Å². The highest BCUT2D eigenvalue weighted by Crippen LogP contribution is 2.41. The van der Waals surface area contributed by atoms with Gasteiger partial charge in [-0.25, -0.2) is 4.79 Å².